The summed E-state index contributed by atoms with van der Waals surface area (Å²) in [6, 6.07) is 8.49. The summed E-state index contributed by atoms with van der Waals surface area (Å²) in [5.41, 5.74) is 3.69. The summed E-state index contributed by atoms with van der Waals surface area (Å²) in [5.74, 6) is 0. The summed E-state index contributed by atoms with van der Waals surface area (Å²) in [7, 11) is 1.94. The molecule has 1 heterocycles. The van der Waals surface area contributed by atoms with Crippen molar-refractivity contribution in [2.45, 2.75) is 26.2 Å². The summed E-state index contributed by atoms with van der Waals surface area (Å²) in [4.78, 5) is 4.37. The summed E-state index contributed by atoms with van der Waals surface area (Å²) in [5, 5.41) is 4.40. The summed E-state index contributed by atoms with van der Waals surface area (Å²) >= 11 is 0. The Bertz CT molecular complexity index is 510. The Labute approximate surface area is 96.7 Å². The van der Waals surface area contributed by atoms with Gasteiger partial charge < -0.3 is 5.32 Å². The highest BCUT2D eigenvalue weighted by molar-refractivity contribution is 5.91. The fourth-order valence-corrected chi connectivity index (χ4v) is 1.83. The third-order valence-electron chi connectivity index (χ3n) is 2.88. The molecular formula is C14H18N2. The Kier molecular flexibility index (Phi) is 2.58. The van der Waals surface area contributed by atoms with E-state index in [1.165, 1.54) is 10.9 Å². The van der Waals surface area contributed by atoms with Gasteiger partial charge in [0.1, 0.15) is 0 Å². The summed E-state index contributed by atoms with van der Waals surface area (Å²) < 4.78 is 0. The van der Waals surface area contributed by atoms with E-state index in [2.05, 4.69) is 49.3 Å². The van der Waals surface area contributed by atoms with Gasteiger partial charge in [-0.1, -0.05) is 26.8 Å². The molecule has 1 aromatic heterocycles. The maximum absolute atomic E-state index is 4.37. The van der Waals surface area contributed by atoms with E-state index in [4.69, 9.17) is 0 Å². The molecule has 0 saturated heterocycles. The first-order chi connectivity index (χ1) is 7.52. The molecular weight excluding hydrogens is 196 g/mol. The van der Waals surface area contributed by atoms with Crippen molar-refractivity contribution in [1.82, 2.24) is 4.98 Å². The van der Waals surface area contributed by atoms with Gasteiger partial charge in [-0.05, 0) is 29.2 Å². The van der Waals surface area contributed by atoms with E-state index in [9.17, 15) is 0 Å². The van der Waals surface area contributed by atoms with Crippen molar-refractivity contribution in [3.63, 3.8) is 0 Å². The van der Waals surface area contributed by atoms with Crippen LogP contribution in [-0.2, 0) is 5.41 Å². The van der Waals surface area contributed by atoms with E-state index in [1.807, 2.05) is 19.3 Å². The molecule has 1 aromatic carbocycles. The number of hydrogen-bond donors (Lipinski definition) is 1. The number of hydrogen-bond acceptors (Lipinski definition) is 2. The molecule has 0 aliphatic carbocycles. The van der Waals surface area contributed by atoms with Gasteiger partial charge in [0.05, 0.1) is 5.52 Å². The number of nitrogens with zero attached hydrogens (tertiary/aromatic N) is 1. The highest BCUT2D eigenvalue weighted by Gasteiger charge is 2.14. The number of benzene rings is 1. The van der Waals surface area contributed by atoms with Crippen molar-refractivity contribution in [3.8, 4) is 0 Å². The molecule has 0 aliphatic heterocycles. The smallest absolute Gasteiger partial charge is 0.0722 e. The van der Waals surface area contributed by atoms with Crippen LogP contribution < -0.4 is 5.32 Å². The molecule has 2 nitrogen and oxygen atoms in total. The minimum atomic E-state index is 0.176. The van der Waals surface area contributed by atoms with Gasteiger partial charge in [0, 0.05) is 24.3 Å². The molecule has 16 heavy (non-hydrogen) atoms. The second-order valence-corrected chi connectivity index (χ2v) is 5.09. The molecule has 1 N–H and O–H groups in total. The number of anilines is 1. The predicted molar refractivity (Wildman–Crippen MR) is 70.0 cm³/mol. The standard InChI is InChI=1S/C14H18N2/c1-14(2,3)10-5-6-13-11(9-10)12(15-4)7-8-16-13/h5-9H,1-4H3,(H,15,16). The summed E-state index contributed by atoms with van der Waals surface area (Å²) in [6.07, 6.45) is 1.84. The average molecular weight is 214 g/mol. The van der Waals surface area contributed by atoms with E-state index in [0.717, 1.165) is 11.2 Å². The van der Waals surface area contributed by atoms with Crippen LogP contribution in [-0.4, -0.2) is 12.0 Å². The third kappa shape index (κ3) is 1.87. The highest BCUT2D eigenvalue weighted by atomic mass is 14.8. The largest absolute Gasteiger partial charge is 0.388 e. The van der Waals surface area contributed by atoms with Crippen molar-refractivity contribution >= 4 is 16.6 Å². The molecule has 0 unspecified atom stereocenters. The molecule has 0 saturated carbocycles. The lowest BCUT2D eigenvalue weighted by Gasteiger charge is -2.19. The zero-order chi connectivity index (χ0) is 11.8. The van der Waals surface area contributed by atoms with Gasteiger partial charge in [-0.25, -0.2) is 0 Å². The normalized spacial score (nSPS) is 11.8. The number of nitrogens with one attached hydrogen (secondary N) is 1. The Morgan fingerprint density at radius 1 is 1.12 bits per heavy atom. The number of rotatable bonds is 1. The first-order valence-corrected chi connectivity index (χ1v) is 5.59. The van der Waals surface area contributed by atoms with Gasteiger partial charge in [0.2, 0.25) is 0 Å². The average Bonchev–Trinajstić information content (AvgIpc) is 2.26. The molecule has 0 amide bonds. The Morgan fingerprint density at radius 3 is 2.50 bits per heavy atom. The van der Waals surface area contributed by atoms with E-state index < -0.39 is 0 Å². The van der Waals surface area contributed by atoms with Crippen LogP contribution in [0.25, 0.3) is 10.9 Å². The maximum atomic E-state index is 4.37. The molecule has 84 valence electrons. The van der Waals surface area contributed by atoms with Crippen molar-refractivity contribution < 1.29 is 0 Å². The minimum absolute atomic E-state index is 0.176. The van der Waals surface area contributed by atoms with Gasteiger partial charge in [-0.3, -0.25) is 4.98 Å². The first kappa shape index (κ1) is 10.9. The van der Waals surface area contributed by atoms with Crippen molar-refractivity contribution in [3.05, 3.63) is 36.0 Å². The minimum Gasteiger partial charge on any atom is -0.388 e. The number of pyridine rings is 1. The van der Waals surface area contributed by atoms with Crippen molar-refractivity contribution in [2.24, 2.45) is 0 Å². The monoisotopic (exact) mass is 214 g/mol. The van der Waals surface area contributed by atoms with Crippen molar-refractivity contribution in [1.29, 1.82) is 0 Å². The van der Waals surface area contributed by atoms with Gasteiger partial charge in [0.25, 0.3) is 0 Å². The van der Waals surface area contributed by atoms with Crippen LogP contribution in [0.3, 0.4) is 0 Å². The van der Waals surface area contributed by atoms with Crippen LogP contribution in [0.15, 0.2) is 30.5 Å². The fourth-order valence-electron chi connectivity index (χ4n) is 1.83. The van der Waals surface area contributed by atoms with Gasteiger partial charge in [0.15, 0.2) is 0 Å². The summed E-state index contributed by atoms with van der Waals surface area (Å²) in [6.45, 7) is 6.68. The second-order valence-electron chi connectivity index (χ2n) is 5.09. The van der Waals surface area contributed by atoms with Gasteiger partial charge >= 0.3 is 0 Å². The second kappa shape index (κ2) is 3.78. The van der Waals surface area contributed by atoms with Crippen LogP contribution in [0.2, 0.25) is 0 Å². The van der Waals surface area contributed by atoms with Gasteiger partial charge in [-0.2, -0.15) is 0 Å². The SMILES string of the molecule is CNc1ccnc2ccc(C(C)(C)C)cc12. The molecule has 0 fully saturated rings. The molecule has 0 radical (unpaired) electrons. The topological polar surface area (TPSA) is 24.9 Å². The molecule has 0 bridgehead atoms. The van der Waals surface area contributed by atoms with Crippen LogP contribution in [0.4, 0.5) is 5.69 Å². The molecule has 2 aromatic rings. The van der Waals surface area contributed by atoms with Gasteiger partial charge in [-0.15, -0.1) is 0 Å². The number of aromatic nitrogens is 1. The lowest BCUT2D eigenvalue weighted by molar-refractivity contribution is 0.591. The lowest BCUT2D eigenvalue weighted by atomic mass is 9.86. The third-order valence-corrected chi connectivity index (χ3v) is 2.88. The van der Waals surface area contributed by atoms with Crippen LogP contribution >= 0.6 is 0 Å². The van der Waals surface area contributed by atoms with E-state index in [-0.39, 0.29) is 5.41 Å². The van der Waals surface area contributed by atoms with Crippen molar-refractivity contribution in [2.75, 3.05) is 12.4 Å². The quantitative estimate of drug-likeness (QED) is 0.785. The van der Waals surface area contributed by atoms with E-state index in [1.54, 1.807) is 0 Å². The lowest BCUT2D eigenvalue weighted by Crippen LogP contribution is -2.10. The Hall–Kier alpha value is -1.57. The molecule has 2 rings (SSSR count). The maximum Gasteiger partial charge on any atom is 0.0722 e. The van der Waals surface area contributed by atoms with E-state index in [0.29, 0.717) is 0 Å². The van der Waals surface area contributed by atoms with E-state index >= 15 is 0 Å². The van der Waals surface area contributed by atoms with Crippen LogP contribution in [0.1, 0.15) is 26.3 Å². The van der Waals surface area contributed by atoms with Crippen LogP contribution in [0, 0.1) is 0 Å². The number of fused-ring (bicyclic) bond motifs is 1. The molecule has 0 atom stereocenters. The first-order valence-electron chi connectivity index (χ1n) is 5.59. The molecule has 2 heteroatoms. The highest BCUT2D eigenvalue weighted by Crippen LogP contribution is 2.28. The van der Waals surface area contributed by atoms with Crippen LogP contribution in [0.5, 0.6) is 0 Å². The zero-order valence-corrected chi connectivity index (χ0v) is 10.3. The molecule has 0 aliphatic rings. The fraction of sp³-hybridized carbons (Fsp3) is 0.357. The Balaban J connectivity index is 2.68. The predicted octanol–water partition coefficient (Wildman–Crippen LogP) is 3.57. The Morgan fingerprint density at radius 2 is 1.88 bits per heavy atom. The zero-order valence-electron chi connectivity index (χ0n) is 10.3. The molecule has 0 spiro atoms.